The van der Waals surface area contributed by atoms with Crippen LogP contribution in [0.15, 0.2) is 12.2 Å². The summed E-state index contributed by atoms with van der Waals surface area (Å²) in [7, 11) is 0. The molecule has 0 heterocycles. The molecule has 1 amide bonds. The van der Waals surface area contributed by atoms with Crippen molar-refractivity contribution in [3.8, 4) is 0 Å². The van der Waals surface area contributed by atoms with Gasteiger partial charge < -0.3 is 20.3 Å². The normalized spacial score (nSPS) is 12.4. The number of unbranched alkanes of at least 4 members (excludes halogenated alkanes) is 66. The number of allylic oxidation sites excluding steroid dienone is 2. The summed E-state index contributed by atoms with van der Waals surface area (Å²) in [6.07, 6.45) is 100. The first-order valence-corrected chi connectivity index (χ1v) is 41.4. The van der Waals surface area contributed by atoms with Crippen LogP contribution in [0.2, 0.25) is 0 Å². The molecular formula is C83H163NO5. The molecule has 0 aromatic carbocycles. The Bertz CT molecular complexity index is 1350. The van der Waals surface area contributed by atoms with Gasteiger partial charge in [0, 0.05) is 12.8 Å². The Morgan fingerprint density at radius 2 is 0.528 bits per heavy atom. The van der Waals surface area contributed by atoms with E-state index in [4.69, 9.17) is 4.74 Å². The number of esters is 1. The molecule has 0 saturated carbocycles. The van der Waals surface area contributed by atoms with Crippen LogP contribution in [0.3, 0.4) is 0 Å². The number of carbonyl (C=O) groups is 2. The van der Waals surface area contributed by atoms with Crippen molar-refractivity contribution in [3.05, 3.63) is 12.2 Å². The van der Waals surface area contributed by atoms with Crippen molar-refractivity contribution in [2.45, 2.75) is 495 Å². The molecule has 0 fully saturated rings. The lowest BCUT2D eigenvalue weighted by Gasteiger charge is -2.22. The molecule has 0 rings (SSSR count). The zero-order valence-electron chi connectivity index (χ0n) is 61.0. The summed E-state index contributed by atoms with van der Waals surface area (Å²) in [5.74, 6) is -0.00262. The first kappa shape index (κ1) is 87.6. The summed E-state index contributed by atoms with van der Waals surface area (Å²) in [6.45, 7) is 5.01. The van der Waals surface area contributed by atoms with Crippen molar-refractivity contribution in [1.29, 1.82) is 0 Å². The van der Waals surface area contributed by atoms with Gasteiger partial charge in [-0.05, 0) is 51.4 Å². The van der Waals surface area contributed by atoms with Gasteiger partial charge in [0.15, 0.2) is 0 Å². The Balaban J connectivity index is 3.29. The van der Waals surface area contributed by atoms with Crippen molar-refractivity contribution in [1.82, 2.24) is 5.32 Å². The molecule has 6 nitrogen and oxygen atoms in total. The molecule has 6 heteroatoms. The fraction of sp³-hybridized carbons (Fsp3) is 0.952. The summed E-state index contributed by atoms with van der Waals surface area (Å²) >= 11 is 0. The van der Waals surface area contributed by atoms with Gasteiger partial charge in [-0.3, -0.25) is 9.59 Å². The molecule has 0 aliphatic rings. The number of aliphatic hydroxyl groups excluding tert-OH is 2. The van der Waals surface area contributed by atoms with E-state index in [1.807, 2.05) is 0 Å². The number of ether oxygens (including phenoxy) is 1. The van der Waals surface area contributed by atoms with E-state index in [9.17, 15) is 19.8 Å². The van der Waals surface area contributed by atoms with E-state index in [2.05, 4.69) is 31.3 Å². The van der Waals surface area contributed by atoms with Gasteiger partial charge in [-0.25, -0.2) is 0 Å². The number of nitrogens with one attached hydrogen (secondary N) is 1. The van der Waals surface area contributed by atoms with Crippen LogP contribution < -0.4 is 5.32 Å². The molecule has 0 aromatic rings. The van der Waals surface area contributed by atoms with Gasteiger partial charge in [-0.2, -0.15) is 0 Å². The average Bonchev–Trinajstić information content (AvgIpc) is 3.67. The Hall–Kier alpha value is -1.40. The minimum absolute atomic E-state index is 0.0218. The minimum atomic E-state index is -0.660. The van der Waals surface area contributed by atoms with E-state index in [1.165, 1.54) is 411 Å². The van der Waals surface area contributed by atoms with Crippen LogP contribution >= 0.6 is 0 Å². The first-order chi connectivity index (χ1) is 44.0. The summed E-state index contributed by atoms with van der Waals surface area (Å²) < 4.78 is 5.52. The van der Waals surface area contributed by atoms with Crippen molar-refractivity contribution in [2.75, 3.05) is 13.2 Å². The third-order valence-electron chi connectivity index (χ3n) is 19.8. The summed E-state index contributed by atoms with van der Waals surface area (Å²) in [5, 5.41) is 23.4. The largest absolute Gasteiger partial charge is 0.466 e. The van der Waals surface area contributed by atoms with Gasteiger partial charge in [-0.15, -0.1) is 0 Å². The number of aliphatic hydroxyl groups is 2. The molecule has 0 aliphatic carbocycles. The zero-order valence-corrected chi connectivity index (χ0v) is 61.0. The fourth-order valence-corrected chi connectivity index (χ4v) is 13.5. The second-order valence-electron chi connectivity index (χ2n) is 28.8. The van der Waals surface area contributed by atoms with Gasteiger partial charge in [0.2, 0.25) is 5.91 Å². The lowest BCUT2D eigenvalue weighted by molar-refractivity contribution is -0.143. The van der Waals surface area contributed by atoms with Crippen LogP contribution in [-0.4, -0.2) is 47.4 Å². The third kappa shape index (κ3) is 75.5. The smallest absolute Gasteiger partial charge is 0.305 e. The van der Waals surface area contributed by atoms with Crippen LogP contribution in [0, 0.1) is 0 Å². The number of carbonyl (C=O) groups excluding carboxylic acids is 2. The zero-order chi connectivity index (χ0) is 64.2. The molecular weight excluding hydrogens is 1090 g/mol. The van der Waals surface area contributed by atoms with Crippen molar-refractivity contribution in [2.24, 2.45) is 0 Å². The second-order valence-corrected chi connectivity index (χ2v) is 28.8. The minimum Gasteiger partial charge on any atom is -0.466 e. The number of hydrogen-bond donors (Lipinski definition) is 3. The summed E-state index contributed by atoms with van der Waals surface area (Å²) in [6, 6.07) is -0.537. The monoisotopic (exact) mass is 1250 g/mol. The molecule has 0 radical (unpaired) electrons. The van der Waals surface area contributed by atoms with Gasteiger partial charge >= 0.3 is 5.97 Å². The number of hydrogen-bond acceptors (Lipinski definition) is 5. The predicted octanol–water partition coefficient (Wildman–Crippen LogP) is 27.4. The van der Waals surface area contributed by atoms with E-state index in [-0.39, 0.29) is 18.5 Å². The van der Waals surface area contributed by atoms with Crippen LogP contribution in [0.5, 0.6) is 0 Å². The van der Waals surface area contributed by atoms with Crippen LogP contribution in [0.1, 0.15) is 483 Å². The molecule has 0 aliphatic heterocycles. The second kappa shape index (κ2) is 79.0. The predicted molar refractivity (Wildman–Crippen MR) is 394 cm³/mol. The highest BCUT2D eigenvalue weighted by molar-refractivity contribution is 5.76. The SMILES string of the molecule is CCCCCCCCC/C=C\CCCCCCCCCC(=O)OCCCCCCCCCCCCCCCCCCCCCCCCCCCCCCCCCCCCCCCC(=O)NC(CO)C(O)CCCCCCCCCCCCCCCCCCC. The molecule has 89 heavy (non-hydrogen) atoms. The van der Waals surface area contributed by atoms with Crippen LogP contribution in [0.4, 0.5) is 0 Å². The molecule has 0 aromatic heterocycles. The molecule has 2 unspecified atom stereocenters. The van der Waals surface area contributed by atoms with Crippen molar-refractivity contribution < 1.29 is 24.5 Å². The van der Waals surface area contributed by atoms with Crippen LogP contribution in [-0.2, 0) is 14.3 Å². The third-order valence-corrected chi connectivity index (χ3v) is 19.8. The lowest BCUT2D eigenvalue weighted by atomic mass is 10.0. The Morgan fingerprint density at radius 3 is 0.798 bits per heavy atom. The Labute approximate surface area is 559 Å². The Kier molecular flexibility index (Phi) is 77.8. The van der Waals surface area contributed by atoms with E-state index in [0.717, 1.165) is 38.5 Å². The van der Waals surface area contributed by atoms with E-state index < -0.39 is 12.1 Å². The highest BCUT2D eigenvalue weighted by Gasteiger charge is 2.20. The van der Waals surface area contributed by atoms with E-state index in [1.54, 1.807) is 0 Å². The topological polar surface area (TPSA) is 95.9 Å². The maximum absolute atomic E-state index is 12.5. The maximum Gasteiger partial charge on any atom is 0.305 e. The van der Waals surface area contributed by atoms with Gasteiger partial charge in [-0.1, -0.05) is 431 Å². The Morgan fingerprint density at radius 1 is 0.303 bits per heavy atom. The first-order valence-electron chi connectivity index (χ1n) is 41.4. The molecule has 0 spiro atoms. The molecule has 0 bridgehead atoms. The quantitative estimate of drug-likeness (QED) is 0.0320. The van der Waals surface area contributed by atoms with Crippen molar-refractivity contribution >= 4 is 11.9 Å². The van der Waals surface area contributed by atoms with Gasteiger partial charge in [0.25, 0.3) is 0 Å². The molecule has 3 N–H and O–H groups in total. The van der Waals surface area contributed by atoms with Crippen LogP contribution in [0.25, 0.3) is 0 Å². The average molecular weight is 1260 g/mol. The van der Waals surface area contributed by atoms with Crippen molar-refractivity contribution in [3.63, 3.8) is 0 Å². The highest BCUT2D eigenvalue weighted by Crippen LogP contribution is 2.21. The van der Waals surface area contributed by atoms with Gasteiger partial charge in [0.1, 0.15) is 0 Å². The highest BCUT2D eigenvalue weighted by atomic mass is 16.5. The molecule has 0 saturated heterocycles. The summed E-state index contributed by atoms with van der Waals surface area (Å²) in [5.41, 5.74) is 0. The van der Waals surface area contributed by atoms with E-state index >= 15 is 0 Å². The summed E-state index contributed by atoms with van der Waals surface area (Å²) in [4.78, 5) is 24.7. The fourth-order valence-electron chi connectivity index (χ4n) is 13.5. The van der Waals surface area contributed by atoms with E-state index in [0.29, 0.717) is 25.9 Å². The maximum atomic E-state index is 12.5. The standard InChI is InChI=1S/C83H163NO5/c1-3-5-7-9-11-13-15-17-19-21-45-49-53-57-61-65-69-73-77-83(88)89-78-74-70-66-62-58-54-50-46-42-40-38-36-34-32-30-28-26-24-22-23-25-27-29-31-33-35-37-39-41-44-48-52-56-60-64-68-72-76-82(87)84-80(79-85)81(86)75-71-67-63-59-55-51-47-43-20-18-16-14-12-10-8-6-4-2/h19,21,80-81,85-86H,3-18,20,22-79H2,1-2H3,(H,84,87)/b21-19-. The number of rotatable bonds is 79. The number of amides is 1. The molecule has 2 atom stereocenters. The molecule has 530 valence electrons. The van der Waals surface area contributed by atoms with Gasteiger partial charge in [0.05, 0.1) is 25.4 Å². The lowest BCUT2D eigenvalue weighted by Crippen LogP contribution is -2.45.